The SMILES string of the molecule is C=CCOc1ccc(/C(O)=C2/C(=O)C(=O)N(Cc3cccnc3)C2c2ccco2)cc1. The highest BCUT2D eigenvalue weighted by Crippen LogP contribution is 2.40. The van der Waals surface area contributed by atoms with Gasteiger partial charge in [-0.25, -0.2) is 0 Å². The number of hydrogen-bond donors (Lipinski definition) is 1. The number of ketones is 1. The van der Waals surface area contributed by atoms with Crippen LogP contribution in [0.4, 0.5) is 0 Å². The van der Waals surface area contributed by atoms with Crippen molar-refractivity contribution in [3.63, 3.8) is 0 Å². The van der Waals surface area contributed by atoms with Crippen LogP contribution in [0.15, 0.2) is 89.8 Å². The second kappa shape index (κ2) is 8.71. The van der Waals surface area contributed by atoms with Crippen molar-refractivity contribution in [1.29, 1.82) is 0 Å². The second-order valence-corrected chi connectivity index (χ2v) is 6.93. The van der Waals surface area contributed by atoms with E-state index in [0.717, 1.165) is 5.56 Å². The molecule has 4 rings (SSSR count). The van der Waals surface area contributed by atoms with Crippen LogP contribution in [0, 0.1) is 0 Å². The smallest absolute Gasteiger partial charge is 0.296 e. The van der Waals surface area contributed by atoms with Crippen molar-refractivity contribution in [1.82, 2.24) is 9.88 Å². The van der Waals surface area contributed by atoms with Crippen molar-refractivity contribution in [2.45, 2.75) is 12.6 Å². The quantitative estimate of drug-likeness (QED) is 0.272. The van der Waals surface area contributed by atoms with Crippen molar-refractivity contribution in [2.75, 3.05) is 6.61 Å². The number of pyridine rings is 1. The van der Waals surface area contributed by atoms with Gasteiger partial charge in [0.15, 0.2) is 0 Å². The van der Waals surface area contributed by atoms with Crippen LogP contribution in [-0.2, 0) is 16.1 Å². The van der Waals surface area contributed by atoms with Crippen molar-refractivity contribution in [3.8, 4) is 5.75 Å². The summed E-state index contributed by atoms with van der Waals surface area (Å²) >= 11 is 0. The maximum Gasteiger partial charge on any atom is 0.296 e. The Balaban J connectivity index is 1.75. The van der Waals surface area contributed by atoms with Gasteiger partial charge in [-0.05, 0) is 48.0 Å². The highest BCUT2D eigenvalue weighted by Gasteiger charge is 2.47. The molecule has 1 aliphatic rings. The van der Waals surface area contributed by atoms with Gasteiger partial charge in [-0.1, -0.05) is 18.7 Å². The normalized spacial score (nSPS) is 17.7. The summed E-state index contributed by atoms with van der Waals surface area (Å²) in [6, 6.07) is 12.7. The minimum absolute atomic E-state index is 0.0244. The number of likely N-dealkylation sites (tertiary alicyclic amines) is 1. The van der Waals surface area contributed by atoms with Crippen molar-refractivity contribution in [3.05, 3.63) is 102 Å². The second-order valence-electron chi connectivity index (χ2n) is 6.93. The molecule has 0 aliphatic carbocycles. The standard InChI is InChI=1S/C24H20N2O5/c1-2-12-30-18-9-7-17(8-10-18)22(27)20-21(19-6-4-13-31-19)26(24(29)23(20)28)15-16-5-3-11-25-14-16/h2-11,13-14,21,27H,1,12,15H2/b22-20-. The molecule has 2 aromatic heterocycles. The molecule has 7 heteroatoms. The van der Waals surface area contributed by atoms with Crippen molar-refractivity contribution in [2.24, 2.45) is 0 Å². The van der Waals surface area contributed by atoms with E-state index < -0.39 is 17.7 Å². The minimum Gasteiger partial charge on any atom is -0.507 e. The molecule has 0 spiro atoms. The molecule has 7 nitrogen and oxygen atoms in total. The molecule has 1 fully saturated rings. The van der Waals surface area contributed by atoms with E-state index in [1.807, 2.05) is 6.07 Å². The molecular formula is C24H20N2O5. The Morgan fingerprint density at radius 2 is 2.00 bits per heavy atom. The number of Topliss-reactive ketones (excluding diaryl/α,β-unsaturated/α-hetero) is 1. The number of aliphatic hydroxyl groups is 1. The predicted octanol–water partition coefficient (Wildman–Crippen LogP) is 3.86. The molecule has 0 bridgehead atoms. The molecule has 156 valence electrons. The zero-order chi connectivity index (χ0) is 21.8. The van der Waals surface area contributed by atoms with E-state index in [9.17, 15) is 14.7 Å². The van der Waals surface area contributed by atoms with Crippen LogP contribution < -0.4 is 4.74 Å². The van der Waals surface area contributed by atoms with Crippen LogP contribution in [0.5, 0.6) is 5.75 Å². The van der Waals surface area contributed by atoms with Gasteiger partial charge in [-0.3, -0.25) is 14.6 Å². The highest BCUT2D eigenvalue weighted by atomic mass is 16.5. The summed E-state index contributed by atoms with van der Waals surface area (Å²) < 4.78 is 11.0. The monoisotopic (exact) mass is 416 g/mol. The Bertz CT molecular complexity index is 1120. The van der Waals surface area contributed by atoms with Gasteiger partial charge < -0.3 is 19.2 Å². The van der Waals surface area contributed by atoms with E-state index in [4.69, 9.17) is 9.15 Å². The molecule has 3 aromatic rings. The van der Waals surface area contributed by atoms with Crippen molar-refractivity contribution >= 4 is 17.4 Å². The van der Waals surface area contributed by atoms with Crippen LogP contribution in [-0.4, -0.2) is 33.3 Å². The fourth-order valence-electron chi connectivity index (χ4n) is 3.49. The molecule has 1 aromatic carbocycles. The third-order valence-corrected chi connectivity index (χ3v) is 4.92. The van der Waals surface area contributed by atoms with Crippen LogP contribution in [0.3, 0.4) is 0 Å². The zero-order valence-electron chi connectivity index (χ0n) is 16.6. The first kappa shape index (κ1) is 20.2. The Morgan fingerprint density at radius 3 is 2.65 bits per heavy atom. The van der Waals surface area contributed by atoms with Crippen LogP contribution in [0.1, 0.15) is 22.9 Å². The lowest BCUT2D eigenvalue weighted by Gasteiger charge is -2.23. The Hall–Kier alpha value is -4.13. The van der Waals surface area contributed by atoms with E-state index in [1.54, 1.807) is 60.9 Å². The first-order valence-electron chi connectivity index (χ1n) is 9.65. The van der Waals surface area contributed by atoms with Gasteiger partial charge in [0, 0.05) is 24.5 Å². The topological polar surface area (TPSA) is 92.9 Å². The minimum atomic E-state index is -0.855. The number of nitrogens with zero attached hydrogens (tertiary/aromatic N) is 2. The summed E-state index contributed by atoms with van der Waals surface area (Å²) in [4.78, 5) is 31.3. The molecular weight excluding hydrogens is 396 g/mol. The highest BCUT2D eigenvalue weighted by molar-refractivity contribution is 6.46. The van der Waals surface area contributed by atoms with E-state index in [-0.39, 0.29) is 17.9 Å². The fourth-order valence-corrected chi connectivity index (χ4v) is 3.49. The lowest BCUT2D eigenvalue weighted by atomic mass is 9.99. The van der Waals surface area contributed by atoms with Gasteiger partial charge in [-0.15, -0.1) is 0 Å². The van der Waals surface area contributed by atoms with Gasteiger partial charge in [0.25, 0.3) is 11.7 Å². The van der Waals surface area contributed by atoms with Gasteiger partial charge in [0.1, 0.15) is 29.9 Å². The molecule has 1 N–H and O–H groups in total. The average Bonchev–Trinajstić information content (AvgIpc) is 3.41. The predicted molar refractivity (Wildman–Crippen MR) is 113 cm³/mol. The van der Waals surface area contributed by atoms with Crippen LogP contribution in [0.2, 0.25) is 0 Å². The van der Waals surface area contributed by atoms with E-state index in [1.165, 1.54) is 11.2 Å². The van der Waals surface area contributed by atoms with Crippen LogP contribution in [0.25, 0.3) is 5.76 Å². The first-order valence-corrected chi connectivity index (χ1v) is 9.65. The van der Waals surface area contributed by atoms with E-state index >= 15 is 0 Å². The number of carbonyl (C=O) groups is 2. The third kappa shape index (κ3) is 3.98. The summed E-state index contributed by atoms with van der Waals surface area (Å²) in [6.45, 7) is 4.10. The number of ether oxygens (including phenoxy) is 1. The number of amides is 1. The van der Waals surface area contributed by atoms with Gasteiger partial charge in [0.05, 0.1) is 11.8 Å². The third-order valence-electron chi connectivity index (χ3n) is 4.92. The van der Waals surface area contributed by atoms with Crippen molar-refractivity contribution < 1.29 is 23.8 Å². The molecule has 1 unspecified atom stereocenters. The Kier molecular flexibility index (Phi) is 5.66. The molecule has 1 atom stereocenters. The summed E-state index contributed by atoms with van der Waals surface area (Å²) in [5.41, 5.74) is 1.12. The van der Waals surface area contributed by atoms with E-state index in [0.29, 0.717) is 23.7 Å². The number of aromatic nitrogens is 1. The number of carbonyl (C=O) groups excluding carboxylic acids is 2. The number of furan rings is 1. The summed E-state index contributed by atoms with van der Waals surface area (Å²) in [6.07, 6.45) is 6.34. The van der Waals surface area contributed by atoms with E-state index in [2.05, 4.69) is 11.6 Å². The largest absolute Gasteiger partial charge is 0.507 e. The lowest BCUT2D eigenvalue weighted by molar-refractivity contribution is -0.140. The Labute approximate surface area is 178 Å². The number of hydrogen-bond acceptors (Lipinski definition) is 6. The number of benzene rings is 1. The molecule has 0 radical (unpaired) electrons. The summed E-state index contributed by atoms with van der Waals surface area (Å²) in [5.74, 6) is -0.775. The lowest BCUT2D eigenvalue weighted by Crippen LogP contribution is -2.29. The number of aliphatic hydroxyl groups excluding tert-OH is 1. The fraction of sp³-hybridized carbons (Fsp3) is 0.125. The molecule has 1 amide bonds. The first-order chi connectivity index (χ1) is 15.1. The average molecular weight is 416 g/mol. The summed E-state index contributed by atoms with van der Waals surface area (Å²) in [5, 5.41) is 11.0. The maximum absolute atomic E-state index is 12.9. The van der Waals surface area contributed by atoms with Gasteiger partial charge >= 0.3 is 0 Å². The molecule has 3 heterocycles. The Morgan fingerprint density at radius 1 is 1.19 bits per heavy atom. The maximum atomic E-state index is 12.9. The molecule has 1 saturated heterocycles. The molecule has 1 aliphatic heterocycles. The molecule has 0 saturated carbocycles. The van der Waals surface area contributed by atoms with Crippen LogP contribution >= 0.6 is 0 Å². The van der Waals surface area contributed by atoms with Gasteiger partial charge in [-0.2, -0.15) is 0 Å². The number of rotatable bonds is 7. The molecule has 31 heavy (non-hydrogen) atoms. The summed E-state index contributed by atoms with van der Waals surface area (Å²) in [7, 11) is 0. The zero-order valence-corrected chi connectivity index (χ0v) is 16.6. The van der Waals surface area contributed by atoms with Gasteiger partial charge in [0.2, 0.25) is 0 Å².